The molecule has 0 saturated heterocycles. The summed E-state index contributed by atoms with van der Waals surface area (Å²) in [5, 5.41) is 17.2. The number of alkyl halides is 3. The maximum Gasteiger partial charge on any atom is 0.491 e. The number of rotatable bonds is 2. The van der Waals surface area contributed by atoms with Gasteiger partial charge in [-0.25, -0.2) is 9.97 Å². The minimum absolute atomic E-state index is 0.0454. The molecule has 0 amide bonds. The predicted octanol–water partition coefficient (Wildman–Crippen LogP) is -0.739. The molecule has 0 aromatic carbocycles. The van der Waals surface area contributed by atoms with Gasteiger partial charge in [0.1, 0.15) is 12.2 Å². The fourth-order valence-corrected chi connectivity index (χ4v) is 0.769. The monoisotopic (exact) mass is 206 g/mol. The van der Waals surface area contributed by atoms with Crippen LogP contribution in [0.3, 0.4) is 0 Å². The summed E-state index contributed by atoms with van der Waals surface area (Å²) >= 11 is 0. The average Bonchev–Trinajstić information content (AvgIpc) is 2.02. The summed E-state index contributed by atoms with van der Waals surface area (Å²) in [7, 11) is -1.77. The minimum atomic E-state index is -4.36. The molecule has 0 bridgehead atoms. The van der Waals surface area contributed by atoms with Gasteiger partial charge in [-0.15, -0.1) is 0 Å². The Bertz CT molecular complexity index is 301. The second kappa shape index (κ2) is 3.93. The van der Waals surface area contributed by atoms with Gasteiger partial charge in [0.05, 0.1) is 0 Å². The van der Waals surface area contributed by atoms with Crippen LogP contribution in [-0.4, -0.2) is 33.3 Å². The Balaban J connectivity index is 2.74. The number of nitrogens with zero attached hydrogens (tertiary/aromatic N) is 2. The summed E-state index contributed by atoms with van der Waals surface area (Å²) in [6, 6.07) is 0. The van der Waals surface area contributed by atoms with E-state index in [9.17, 15) is 13.2 Å². The third-order valence-corrected chi connectivity index (χ3v) is 1.38. The van der Waals surface area contributed by atoms with Crippen molar-refractivity contribution in [2.24, 2.45) is 0 Å². The first-order valence-corrected chi connectivity index (χ1v) is 3.62. The maximum absolute atomic E-state index is 11.8. The van der Waals surface area contributed by atoms with Crippen molar-refractivity contribution >= 4 is 12.6 Å². The third-order valence-electron chi connectivity index (χ3n) is 1.38. The van der Waals surface area contributed by atoms with E-state index in [1.165, 1.54) is 0 Å². The Kier molecular flexibility index (Phi) is 3.07. The molecular weight excluding hydrogens is 200 g/mol. The lowest BCUT2D eigenvalue weighted by Crippen LogP contribution is -2.31. The average molecular weight is 206 g/mol. The smallest absolute Gasteiger partial charge is 0.423 e. The molecule has 76 valence electrons. The number of hydrogen-bond acceptors (Lipinski definition) is 4. The second-order valence-corrected chi connectivity index (χ2v) is 2.60. The Hall–Kier alpha value is -1.15. The second-order valence-electron chi connectivity index (χ2n) is 2.60. The third kappa shape index (κ3) is 3.31. The first kappa shape index (κ1) is 10.9. The maximum atomic E-state index is 11.8. The molecule has 0 radical (unpaired) electrons. The topological polar surface area (TPSA) is 66.2 Å². The van der Waals surface area contributed by atoms with Gasteiger partial charge in [0, 0.05) is 17.9 Å². The van der Waals surface area contributed by atoms with Gasteiger partial charge in [0.2, 0.25) is 0 Å². The molecule has 14 heavy (non-hydrogen) atoms. The highest BCUT2D eigenvalue weighted by atomic mass is 19.4. The van der Waals surface area contributed by atoms with Crippen molar-refractivity contribution in [3.05, 3.63) is 18.2 Å². The Labute approximate surface area is 77.6 Å². The van der Waals surface area contributed by atoms with Gasteiger partial charge in [-0.05, 0) is 0 Å². The summed E-state index contributed by atoms with van der Waals surface area (Å²) in [5.74, 6) is -0.401. The molecule has 0 aliphatic carbocycles. The Morgan fingerprint density at radius 2 is 1.71 bits per heavy atom. The molecule has 0 fully saturated rings. The van der Waals surface area contributed by atoms with Gasteiger partial charge >= 0.3 is 13.3 Å². The lowest BCUT2D eigenvalue weighted by atomic mass is 9.83. The van der Waals surface area contributed by atoms with E-state index >= 15 is 0 Å². The van der Waals surface area contributed by atoms with Crippen LogP contribution in [0.2, 0.25) is 0 Å². The van der Waals surface area contributed by atoms with Crippen molar-refractivity contribution in [2.45, 2.75) is 12.6 Å². The zero-order valence-corrected chi connectivity index (χ0v) is 6.86. The molecule has 0 unspecified atom stereocenters. The van der Waals surface area contributed by atoms with Crippen molar-refractivity contribution in [1.29, 1.82) is 0 Å². The number of aromatic nitrogens is 2. The first-order chi connectivity index (χ1) is 6.38. The molecule has 0 saturated carbocycles. The standard InChI is InChI=1S/C6H6BF3N2O2/c8-6(9,10)1-5-11-2-4(3-12-5)7(13)14/h2-3,13-14H,1H2. The van der Waals surface area contributed by atoms with E-state index in [1.807, 2.05) is 0 Å². The molecule has 1 aromatic rings. The zero-order chi connectivity index (χ0) is 10.8. The highest BCUT2D eigenvalue weighted by Gasteiger charge is 2.29. The van der Waals surface area contributed by atoms with Crippen LogP contribution in [-0.2, 0) is 6.42 Å². The molecule has 1 aromatic heterocycles. The normalized spacial score (nSPS) is 11.5. The van der Waals surface area contributed by atoms with Gasteiger partial charge < -0.3 is 10.0 Å². The molecule has 0 aliphatic rings. The van der Waals surface area contributed by atoms with Crippen molar-refractivity contribution in [1.82, 2.24) is 9.97 Å². The van der Waals surface area contributed by atoms with Crippen molar-refractivity contribution in [2.75, 3.05) is 0 Å². The molecule has 4 nitrogen and oxygen atoms in total. The fraction of sp³-hybridized carbons (Fsp3) is 0.333. The predicted molar refractivity (Wildman–Crippen MR) is 41.6 cm³/mol. The molecular formula is C6H6BF3N2O2. The van der Waals surface area contributed by atoms with Crippen molar-refractivity contribution < 1.29 is 23.2 Å². The van der Waals surface area contributed by atoms with E-state index in [-0.39, 0.29) is 5.46 Å². The van der Waals surface area contributed by atoms with E-state index < -0.39 is 25.5 Å². The highest BCUT2D eigenvalue weighted by Crippen LogP contribution is 2.18. The summed E-state index contributed by atoms with van der Waals surface area (Å²) in [5.41, 5.74) is -0.0454. The minimum Gasteiger partial charge on any atom is -0.423 e. The van der Waals surface area contributed by atoms with E-state index in [0.29, 0.717) is 0 Å². The molecule has 2 N–H and O–H groups in total. The van der Waals surface area contributed by atoms with Crippen LogP contribution in [0.5, 0.6) is 0 Å². The van der Waals surface area contributed by atoms with Crippen LogP contribution in [0, 0.1) is 0 Å². The molecule has 0 aliphatic heterocycles. The van der Waals surface area contributed by atoms with Gasteiger partial charge in [0.25, 0.3) is 0 Å². The van der Waals surface area contributed by atoms with E-state index in [1.54, 1.807) is 0 Å². The Morgan fingerprint density at radius 3 is 2.07 bits per heavy atom. The van der Waals surface area contributed by atoms with Crippen LogP contribution in [0.4, 0.5) is 13.2 Å². The molecule has 0 spiro atoms. The Morgan fingerprint density at radius 1 is 1.21 bits per heavy atom. The van der Waals surface area contributed by atoms with Gasteiger partial charge in [-0.1, -0.05) is 0 Å². The SMILES string of the molecule is OB(O)c1cnc(CC(F)(F)F)nc1. The van der Waals surface area contributed by atoms with Crippen LogP contribution in [0.15, 0.2) is 12.4 Å². The van der Waals surface area contributed by atoms with Crippen molar-refractivity contribution in [3.8, 4) is 0 Å². The van der Waals surface area contributed by atoms with E-state index in [4.69, 9.17) is 10.0 Å². The number of hydrogen-bond donors (Lipinski definition) is 2. The largest absolute Gasteiger partial charge is 0.491 e. The van der Waals surface area contributed by atoms with Gasteiger partial charge in [-0.3, -0.25) is 0 Å². The molecule has 1 rings (SSSR count). The lowest BCUT2D eigenvalue weighted by Gasteiger charge is -2.04. The summed E-state index contributed by atoms with van der Waals surface area (Å²) < 4.78 is 35.5. The summed E-state index contributed by atoms with van der Waals surface area (Å²) in [6.07, 6.45) is -3.70. The molecule has 0 atom stereocenters. The van der Waals surface area contributed by atoms with Crippen LogP contribution < -0.4 is 5.46 Å². The van der Waals surface area contributed by atoms with Crippen LogP contribution in [0.25, 0.3) is 0 Å². The van der Waals surface area contributed by atoms with Gasteiger partial charge in [0.15, 0.2) is 0 Å². The quantitative estimate of drug-likeness (QED) is 0.625. The zero-order valence-electron chi connectivity index (χ0n) is 6.86. The molecule has 8 heteroatoms. The van der Waals surface area contributed by atoms with E-state index in [0.717, 1.165) is 12.4 Å². The number of halogens is 3. The summed E-state index contributed by atoms with van der Waals surface area (Å²) in [4.78, 5) is 6.67. The lowest BCUT2D eigenvalue weighted by molar-refractivity contribution is -0.128. The fourth-order valence-electron chi connectivity index (χ4n) is 0.769. The highest BCUT2D eigenvalue weighted by molar-refractivity contribution is 6.58. The first-order valence-electron chi connectivity index (χ1n) is 3.62. The van der Waals surface area contributed by atoms with Gasteiger partial charge in [-0.2, -0.15) is 13.2 Å². The van der Waals surface area contributed by atoms with Crippen LogP contribution >= 0.6 is 0 Å². The van der Waals surface area contributed by atoms with Crippen LogP contribution in [0.1, 0.15) is 5.82 Å². The van der Waals surface area contributed by atoms with Crippen molar-refractivity contribution in [3.63, 3.8) is 0 Å². The summed E-state index contributed by atoms with van der Waals surface area (Å²) in [6.45, 7) is 0. The van der Waals surface area contributed by atoms with E-state index in [2.05, 4.69) is 9.97 Å². The molecule has 1 heterocycles.